The molecule has 0 amide bonds. The fourth-order valence-corrected chi connectivity index (χ4v) is 4.21. The standard InChI is InChI=1S/C24H28N2O/c1-3-27-24(22-13-8-12-21(15-22)16-25)19(2)9-7-14-23(24)18-26-17-20-10-5-4-6-11-20/h4-6,8,10-13,15,18-19,26H,3,7,9,14,17H2,1-2H3/b23-18-. The van der Waals surface area contributed by atoms with Crippen LogP contribution in [-0.4, -0.2) is 6.61 Å². The van der Waals surface area contributed by atoms with Gasteiger partial charge in [-0.3, -0.25) is 0 Å². The van der Waals surface area contributed by atoms with Crippen molar-refractivity contribution in [3.8, 4) is 6.07 Å². The van der Waals surface area contributed by atoms with Gasteiger partial charge in [-0.15, -0.1) is 0 Å². The summed E-state index contributed by atoms with van der Waals surface area (Å²) in [6.45, 7) is 5.74. The summed E-state index contributed by atoms with van der Waals surface area (Å²) in [5.74, 6) is 0.352. The van der Waals surface area contributed by atoms with Crippen LogP contribution in [0.5, 0.6) is 0 Å². The molecule has 2 unspecified atom stereocenters. The average Bonchev–Trinajstić information content (AvgIpc) is 2.71. The first-order chi connectivity index (χ1) is 13.2. The number of nitrogens with one attached hydrogen (secondary N) is 1. The van der Waals surface area contributed by atoms with Gasteiger partial charge in [-0.25, -0.2) is 0 Å². The van der Waals surface area contributed by atoms with Gasteiger partial charge in [-0.1, -0.05) is 49.4 Å². The Kier molecular flexibility index (Phi) is 6.32. The van der Waals surface area contributed by atoms with Crippen molar-refractivity contribution in [3.63, 3.8) is 0 Å². The molecule has 0 saturated heterocycles. The van der Waals surface area contributed by atoms with Crippen molar-refractivity contribution in [2.75, 3.05) is 6.61 Å². The number of hydrogen-bond acceptors (Lipinski definition) is 3. The van der Waals surface area contributed by atoms with Gasteiger partial charge in [0.1, 0.15) is 5.60 Å². The Morgan fingerprint density at radius 1 is 1.22 bits per heavy atom. The molecule has 2 atom stereocenters. The zero-order chi connectivity index (χ0) is 19.1. The molecule has 27 heavy (non-hydrogen) atoms. The van der Waals surface area contributed by atoms with Crippen molar-refractivity contribution in [3.05, 3.63) is 83.1 Å². The average molecular weight is 361 g/mol. The van der Waals surface area contributed by atoms with Crippen LogP contribution in [0.1, 0.15) is 49.8 Å². The highest BCUT2D eigenvalue weighted by atomic mass is 16.5. The number of benzene rings is 2. The van der Waals surface area contributed by atoms with Crippen LogP contribution in [0, 0.1) is 17.2 Å². The van der Waals surface area contributed by atoms with E-state index in [0.29, 0.717) is 18.1 Å². The van der Waals surface area contributed by atoms with E-state index in [2.05, 4.69) is 54.8 Å². The van der Waals surface area contributed by atoms with Crippen LogP contribution in [0.3, 0.4) is 0 Å². The van der Waals surface area contributed by atoms with Crippen LogP contribution in [0.4, 0.5) is 0 Å². The molecule has 0 aliphatic heterocycles. The maximum Gasteiger partial charge on any atom is 0.118 e. The largest absolute Gasteiger partial charge is 0.387 e. The van der Waals surface area contributed by atoms with Crippen LogP contribution in [-0.2, 0) is 16.9 Å². The number of rotatable bonds is 6. The van der Waals surface area contributed by atoms with Gasteiger partial charge in [0.15, 0.2) is 0 Å². The molecule has 1 fully saturated rings. The fraction of sp³-hybridized carbons (Fsp3) is 0.375. The molecule has 1 N–H and O–H groups in total. The van der Waals surface area contributed by atoms with Gasteiger partial charge in [0.25, 0.3) is 0 Å². The molecular weight excluding hydrogens is 332 g/mol. The van der Waals surface area contributed by atoms with Crippen molar-refractivity contribution in [2.24, 2.45) is 5.92 Å². The first-order valence-corrected chi connectivity index (χ1v) is 9.82. The summed E-state index contributed by atoms with van der Waals surface area (Å²) in [6, 6.07) is 20.6. The summed E-state index contributed by atoms with van der Waals surface area (Å²) < 4.78 is 6.47. The molecular formula is C24H28N2O. The Labute approximate surface area is 162 Å². The Hall–Kier alpha value is -2.57. The third-order valence-electron chi connectivity index (χ3n) is 5.47. The topological polar surface area (TPSA) is 45.0 Å². The maximum absolute atomic E-state index is 9.36. The molecule has 0 radical (unpaired) electrons. The molecule has 1 aliphatic carbocycles. The lowest BCUT2D eigenvalue weighted by atomic mass is 9.69. The van der Waals surface area contributed by atoms with Crippen LogP contribution in [0.25, 0.3) is 0 Å². The predicted octanol–water partition coefficient (Wildman–Crippen LogP) is 5.28. The molecule has 2 aromatic rings. The van der Waals surface area contributed by atoms with Gasteiger partial charge in [-0.05, 0) is 67.1 Å². The highest BCUT2D eigenvalue weighted by molar-refractivity contribution is 5.41. The minimum atomic E-state index is -0.469. The van der Waals surface area contributed by atoms with Crippen LogP contribution in [0.15, 0.2) is 66.4 Å². The molecule has 0 spiro atoms. The summed E-state index contributed by atoms with van der Waals surface area (Å²) in [4.78, 5) is 0. The highest BCUT2D eigenvalue weighted by Gasteiger charge is 2.44. The SMILES string of the molecule is CCOC1(c2cccc(C#N)c2)/C(=C\NCc2ccccc2)CCCC1C. The van der Waals surface area contributed by atoms with E-state index in [4.69, 9.17) is 4.74 Å². The maximum atomic E-state index is 9.36. The molecule has 2 aromatic carbocycles. The summed E-state index contributed by atoms with van der Waals surface area (Å²) in [6.07, 6.45) is 5.43. The van der Waals surface area contributed by atoms with Gasteiger partial charge in [0, 0.05) is 13.2 Å². The third kappa shape index (κ3) is 4.07. The molecule has 0 bridgehead atoms. The van der Waals surface area contributed by atoms with Crippen molar-refractivity contribution >= 4 is 0 Å². The molecule has 3 rings (SSSR count). The minimum absolute atomic E-state index is 0.352. The quantitative estimate of drug-likeness (QED) is 0.762. The van der Waals surface area contributed by atoms with Gasteiger partial charge in [0.2, 0.25) is 0 Å². The van der Waals surface area contributed by atoms with E-state index in [0.717, 1.165) is 31.4 Å². The number of nitriles is 1. The molecule has 3 heteroatoms. The smallest absolute Gasteiger partial charge is 0.118 e. The lowest BCUT2D eigenvalue weighted by molar-refractivity contribution is -0.0686. The Morgan fingerprint density at radius 2 is 2.04 bits per heavy atom. The van der Waals surface area contributed by atoms with Crippen molar-refractivity contribution in [1.29, 1.82) is 5.26 Å². The summed E-state index contributed by atoms with van der Waals surface area (Å²) in [5.41, 5.74) is 3.83. The van der Waals surface area contributed by atoms with Crippen LogP contribution >= 0.6 is 0 Å². The van der Waals surface area contributed by atoms with Crippen molar-refractivity contribution < 1.29 is 4.74 Å². The second-order valence-corrected chi connectivity index (χ2v) is 7.19. The first-order valence-electron chi connectivity index (χ1n) is 9.82. The third-order valence-corrected chi connectivity index (χ3v) is 5.47. The van der Waals surface area contributed by atoms with E-state index < -0.39 is 5.60 Å². The summed E-state index contributed by atoms with van der Waals surface area (Å²) in [7, 11) is 0. The van der Waals surface area contributed by atoms with E-state index in [1.165, 1.54) is 11.1 Å². The zero-order valence-corrected chi connectivity index (χ0v) is 16.2. The predicted molar refractivity (Wildman–Crippen MR) is 109 cm³/mol. The Balaban J connectivity index is 1.95. The number of hydrogen-bond donors (Lipinski definition) is 1. The second-order valence-electron chi connectivity index (χ2n) is 7.19. The first kappa shape index (κ1) is 19.2. The molecule has 0 heterocycles. The van der Waals surface area contributed by atoms with Crippen LogP contribution < -0.4 is 5.32 Å². The minimum Gasteiger partial charge on any atom is -0.387 e. The molecule has 3 nitrogen and oxygen atoms in total. The van der Waals surface area contributed by atoms with Gasteiger partial charge >= 0.3 is 0 Å². The summed E-state index contributed by atoms with van der Waals surface area (Å²) in [5, 5.41) is 12.9. The van der Waals surface area contributed by atoms with Crippen molar-refractivity contribution in [1.82, 2.24) is 5.32 Å². The molecule has 1 saturated carbocycles. The van der Waals surface area contributed by atoms with Gasteiger partial charge in [-0.2, -0.15) is 5.26 Å². The lowest BCUT2D eigenvalue weighted by Crippen LogP contribution is -2.42. The van der Waals surface area contributed by atoms with Crippen molar-refractivity contribution in [2.45, 2.75) is 45.3 Å². The van der Waals surface area contributed by atoms with Gasteiger partial charge in [0.05, 0.1) is 11.6 Å². The monoisotopic (exact) mass is 360 g/mol. The highest BCUT2D eigenvalue weighted by Crippen LogP contribution is 2.48. The summed E-state index contributed by atoms with van der Waals surface area (Å²) >= 11 is 0. The lowest BCUT2D eigenvalue weighted by Gasteiger charge is -2.45. The molecule has 0 aromatic heterocycles. The van der Waals surface area contributed by atoms with E-state index >= 15 is 0 Å². The zero-order valence-electron chi connectivity index (χ0n) is 16.2. The van der Waals surface area contributed by atoms with E-state index in [9.17, 15) is 5.26 Å². The Morgan fingerprint density at radius 3 is 2.78 bits per heavy atom. The fourth-order valence-electron chi connectivity index (χ4n) is 4.21. The van der Waals surface area contributed by atoms with Gasteiger partial charge < -0.3 is 10.1 Å². The molecule has 140 valence electrons. The van der Waals surface area contributed by atoms with E-state index in [-0.39, 0.29) is 0 Å². The van der Waals surface area contributed by atoms with E-state index in [1.54, 1.807) is 0 Å². The van der Waals surface area contributed by atoms with Crippen LogP contribution in [0.2, 0.25) is 0 Å². The molecule has 1 aliphatic rings. The number of nitrogens with zero attached hydrogens (tertiary/aromatic N) is 1. The van der Waals surface area contributed by atoms with E-state index in [1.807, 2.05) is 31.2 Å². The second kappa shape index (κ2) is 8.88. The number of ether oxygens (including phenoxy) is 1. The normalized spacial score (nSPS) is 23.7. The Bertz CT molecular complexity index is 822.